The number of benzene rings is 3. The van der Waals surface area contributed by atoms with Gasteiger partial charge in [0.25, 0.3) is 0 Å². The highest BCUT2D eigenvalue weighted by molar-refractivity contribution is 5.88. The molecule has 1 aromatic heterocycles. The molecule has 1 N–H and O–H groups in total. The molecule has 4 heteroatoms. The molecule has 120 valence electrons. The molecule has 4 aromatic rings. The van der Waals surface area contributed by atoms with Crippen LogP contribution >= 0.6 is 0 Å². The van der Waals surface area contributed by atoms with Gasteiger partial charge in [-0.1, -0.05) is 48.5 Å². The van der Waals surface area contributed by atoms with Gasteiger partial charge in [0, 0.05) is 5.39 Å². The molecule has 1 heterocycles. The van der Waals surface area contributed by atoms with Gasteiger partial charge in [-0.15, -0.1) is 0 Å². The van der Waals surface area contributed by atoms with E-state index in [9.17, 15) is 5.11 Å². The first kappa shape index (κ1) is 14.7. The molecular weight excluding hydrogens is 300 g/mol. The second kappa shape index (κ2) is 6.34. The minimum absolute atomic E-state index is 0.0804. The lowest BCUT2D eigenvalue weighted by atomic mass is 10.1. The van der Waals surface area contributed by atoms with Crippen LogP contribution in [0.1, 0.15) is 5.82 Å². The third kappa shape index (κ3) is 2.61. The summed E-state index contributed by atoms with van der Waals surface area (Å²) in [5.41, 5.74) is 1.91. The van der Waals surface area contributed by atoms with Gasteiger partial charge in [0.2, 0.25) is 0 Å². The molecule has 0 spiro atoms. The highest BCUT2D eigenvalue weighted by atomic mass is 16.5. The minimum Gasteiger partial charge on any atom is -0.491 e. The molecule has 0 saturated heterocycles. The fourth-order valence-corrected chi connectivity index (χ4v) is 3.06. The van der Waals surface area contributed by atoms with Gasteiger partial charge in [0.1, 0.15) is 24.8 Å². The second-order valence-corrected chi connectivity index (χ2v) is 5.65. The summed E-state index contributed by atoms with van der Waals surface area (Å²) in [5.74, 6) is 1.54. The van der Waals surface area contributed by atoms with E-state index in [4.69, 9.17) is 4.74 Å². The van der Waals surface area contributed by atoms with E-state index in [1.54, 1.807) is 0 Å². The highest BCUT2D eigenvalue weighted by Gasteiger charge is 2.09. The average molecular weight is 318 g/mol. The first-order valence-corrected chi connectivity index (χ1v) is 8.02. The molecule has 0 bridgehead atoms. The van der Waals surface area contributed by atoms with Crippen molar-refractivity contribution in [2.75, 3.05) is 6.61 Å². The molecule has 0 aliphatic carbocycles. The van der Waals surface area contributed by atoms with E-state index in [1.165, 1.54) is 5.39 Å². The van der Waals surface area contributed by atoms with Crippen molar-refractivity contribution >= 4 is 21.8 Å². The van der Waals surface area contributed by atoms with Crippen LogP contribution in [0.2, 0.25) is 0 Å². The zero-order chi connectivity index (χ0) is 16.4. The fraction of sp³-hybridized carbons (Fsp3) is 0.150. The molecule has 0 fully saturated rings. The minimum atomic E-state index is -0.0804. The third-order valence-electron chi connectivity index (χ3n) is 4.20. The number of fused-ring (bicyclic) bond motifs is 2. The van der Waals surface area contributed by atoms with Crippen molar-refractivity contribution in [2.24, 2.45) is 0 Å². The number of aliphatic hydroxyl groups is 1. The summed E-state index contributed by atoms with van der Waals surface area (Å²) in [6.45, 7) is 1.07. The van der Waals surface area contributed by atoms with Crippen molar-refractivity contribution in [2.45, 2.75) is 13.2 Å². The Morgan fingerprint density at radius 1 is 0.917 bits per heavy atom. The van der Waals surface area contributed by atoms with E-state index in [2.05, 4.69) is 23.2 Å². The normalized spacial score (nSPS) is 11.2. The molecule has 4 nitrogen and oxygen atoms in total. The van der Waals surface area contributed by atoms with Crippen LogP contribution in [0.15, 0.2) is 66.7 Å². The number of aromatic nitrogens is 2. The molecule has 0 saturated carbocycles. The summed E-state index contributed by atoms with van der Waals surface area (Å²) in [7, 11) is 0. The lowest BCUT2D eigenvalue weighted by molar-refractivity contribution is 0.256. The maximum absolute atomic E-state index is 9.55. The summed E-state index contributed by atoms with van der Waals surface area (Å²) >= 11 is 0. The SMILES string of the molecule is OCc1nc2ccccc2n1CCOc1cccc2ccccc12. The van der Waals surface area contributed by atoms with Gasteiger partial charge < -0.3 is 14.4 Å². The van der Waals surface area contributed by atoms with Gasteiger partial charge in [-0.2, -0.15) is 0 Å². The van der Waals surface area contributed by atoms with Crippen molar-refractivity contribution in [3.05, 3.63) is 72.6 Å². The lowest BCUT2D eigenvalue weighted by Gasteiger charge is -2.11. The molecule has 0 aliphatic rings. The van der Waals surface area contributed by atoms with E-state index in [0.29, 0.717) is 19.0 Å². The van der Waals surface area contributed by atoms with Crippen LogP contribution in [0.5, 0.6) is 5.75 Å². The van der Waals surface area contributed by atoms with Crippen LogP contribution in [-0.2, 0) is 13.2 Å². The van der Waals surface area contributed by atoms with E-state index in [0.717, 1.165) is 22.2 Å². The highest BCUT2D eigenvalue weighted by Crippen LogP contribution is 2.25. The Kier molecular flexibility index (Phi) is 3.89. The predicted octanol–water partition coefficient (Wildman–Crippen LogP) is 3.76. The van der Waals surface area contributed by atoms with Gasteiger partial charge in [-0.05, 0) is 23.6 Å². The van der Waals surface area contributed by atoms with Gasteiger partial charge in [0.15, 0.2) is 0 Å². The van der Waals surface area contributed by atoms with E-state index in [-0.39, 0.29) is 6.61 Å². The summed E-state index contributed by atoms with van der Waals surface area (Å²) in [5, 5.41) is 11.8. The quantitative estimate of drug-likeness (QED) is 0.609. The Labute approximate surface area is 139 Å². The van der Waals surface area contributed by atoms with Crippen LogP contribution in [0.25, 0.3) is 21.8 Å². The van der Waals surface area contributed by atoms with Gasteiger partial charge >= 0.3 is 0 Å². The molecule has 0 atom stereocenters. The number of hydrogen-bond donors (Lipinski definition) is 1. The number of nitrogens with zero attached hydrogens (tertiary/aromatic N) is 2. The van der Waals surface area contributed by atoms with Crippen molar-refractivity contribution in [1.29, 1.82) is 0 Å². The summed E-state index contributed by atoms with van der Waals surface area (Å²) in [4.78, 5) is 4.46. The molecule has 0 radical (unpaired) electrons. The molecular formula is C20H18N2O2. The van der Waals surface area contributed by atoms with Crippen molar-refractivity contribution < 1.29 is 9.84 Å². The van der Waals surface area contributed by atoms with Crippen LogP contribution in [-0.4, -0.2) is 21.3 Å². The number of para-hydroxylation sites is 2. The lowest BCUT2D eigenvalue weighted by Crippen LogP contribution is -2.11. The molecule has 3 aromatic carbocycles. The second-order valence-electron chi connectivity index (χ2n) is 5.65. The topological polar surface area (TPSA) is 47.3 Å². The Hall–Kier alpha value is -2.85. The van der Waals surface area contributed by atoms with E-state index >= 15 is 0 Å². The van der Waals surface area contributed by atoms with E-state index in [1.807, 2.05) is 53.1 Å². The smallest absolute Gasteiger partial charge is 0.135 e. The van der Waals surface area contributed by atoms with Gasteiger partial charge in [-0.3, -0.25) is 0 Å². The largest absolute Gasteiger partial charge is 0.491 e. The van der Waals surface area contributed by atoms with Crippen LogP contribution in [0.3, 0.4) is 0 Å². The maximum Gasteiger partial charge on any atom is 0.135 e. The number of ether oxygens (including phenoxy) is 1. The van der Waals surface area contributed by atoms with Crippen LogP contribution in [0.4, 0.5) is 0 Å². The van der Waals surface area contributed by atoms with Crippen molar-refractivity contribution in [3.8, 4) is 5.75 Å². The Balaban J connectivity index is 1.57. The molecule has 4 rings (SSSR count). The van der Waals surface area contributed by atoms with Gasteiger partial charge in [-0.25, -0.2) is 4.98 Å². The maximum atomic E-state index is 9.55. The Morgan fingerprint density at radius 3 is 2.62 bits per heavy atom. The monoisotopic (exact) mass is 318 g/mol. The average Bonchev–Trinajstić information content (AvgIpc) is 3.00. The number of aliphatic hydroxyl groups excluding tert-OH is 1. The number of imidazole rings is 1. The standard InChI is InChI=1S/C20H18N2O2/c23-14-20-21-17-9-3-4-10-18(17)22(20)12-13-24-19-11-5-7-15-6-1-2-8-16(15)19/h1-11,23H,12-14H2. The molecule has 0 aliphatic heterocycles. The zero-order valence-electron chi connectivity index (χ0n) is 13.2. The fourth-order valence-electron chi connectivity index (χ4n) is 3.06. The summed E-state index contributed by atoms with van der Waals surface area (Å²) < 4.78 is 8.03. The van der Waals surface area contributed by atoms with Crippen LogP contribution in [0, 0.1) is 0 Å². The zero-order valence-corrected chi connectivity index (χ0v) is 13.2. The summed E-state index contributed by atoms with van der Waals surface area (Å²) in [6.07, 6.45) is 0. The Bertz CT molecular complexity index is 986. The third-order valence-corrected chi connectivity index (χ3v) is 4.20. The van der Waals surface area contributed by atoms with E-state index < -0.39 is 0 Å². The predicted molar refractivity (Wildman–Crippen MR) is 95.1 cm³/mol. The summed E-state index contributed by atoms with van der Waals surface area (Å²) in [6, 6.07) is 22.2. The molecule has 0 amide bonds. The number of hydrogen-bond acceptors (Lipinski definition) is 3. The van der Waals surface area contributed by atoms with Crippen LogP contribution < -0.4 is 4.74 Å². The van der Waals surface area contributed by atoms with Gasteiger partial charge in [0.05, 0.1) is 17.6 Å². The van der Waals surface area contributed by atoms with Crippen molar-refractivity contribution in [1.82, 2.24) is 9.55 Å². The number of rotatable bonds is 5. The molecule has 24 heavy (non-hydrogen) atoms. The van der Waals surface area contributed by atoms with Crippen molar-refractivity contribution in [3.63, 3.8) is 0 Å². The first-order chi connectivity index (χ1) is 11.9. The Morgan fingerprint density at radius 2 is 1.71 bits per heavy atom. The molecule has 0 unspecified atom stereocenters. The first-order valence-electron chi connectivity index (χ1n) is 8.02.